The molecule has 0 N–H and O–H groups in total. The van der Waals surface area contributed by atoms with Crippen LogP contribution in [-0.4, -0.2) is 35.8 Å². The molecule has 2 amide bonds. The van der Waals surface area contributed by atoms with Gasteiger partial charge in [-0.05, 0) is 24.1 Å². The molecule has 1 aliphatic heterocycles. The lowest BCUT2D eigenvalue weighted by atomic mass is 9.58. The van der Waals surface area contributed by atoms with Crippen LogP contribution >= 0.6 is 11.8 Å². The molecular formula is C21H30BNO3S. The Morgan fingerprint density at radius 3 is 2.26 bits per heavy atom. The highest BCUT2D eigenvalue weighted by molar-refractivity contribution is 8.01. The second-order valence-electron chi connectivity index (χ2n) is 8.47. The molecule has 0 radical (unpaired) electrons. The van der Waals surface area contributed by atoms with Crippen LogP contribution in [0.4, 0.5) is 5.69 Å². The van der Waals surface area contributed by atoms with Gasteiger partial charge in [0.25, 0.3) is 0 Å². The van der Waals surface area contributed by atoms with Crippen LogP contribution in [0.25, 0.3) is 0 Å². The molecule has 4 nitrogen and oxygen atoms in total. The molecule has 0 bridgehead atoms. The highest BCUT2D eigenvalue weighted by Crippen LogP contribution is 2.42. The van der Waals surface area contributed by atoms with Gasteiger partial charge in [0.05, 0.1) is 16.6 Å². The van der Waals surface area contributed by atoms with Gasteiger partial charge in [-0.2, -0.15) is 0 Å². The maximum Gasteiger partial charge on any atom is 0.247 e. The van der Waals surface area contributed by atoms with E-state index in [0.29, 0.717) is 10.9 Å². The van der Waals surface area contributed by atoms with E-state index in [-0.39, 0.29) is 34.6 Å². The molecular weight excluding hydrogens is 357 g/mol. The van der Waals surface area contributed by atoms with E-state index in [1.165, 1.54) is 4.90 Å². The van der Waals surface area contributed by atoms with Crippen molar-refractivity contribution in [2.45, 2.75) is 70.3 Å². The predicted octanol–water partition coefficient (Wildman–Crippen LogP) is 3.31. The summed E-state index contributed by atoms with van der Waals surface area (Å²) in [6, 6.07) is 7.49. The summed E-state index contributed by atoms with van der Waals surface area (Å²) in [7, 11) is 1.62. The third kappa shape index (κ3) is 4.01. The molecule has 1 aliphatic rings. The molecule has 0 saturated carbocycles. The summed E-state index contributed by atoms with van der Waals surface area (Å²) >= 11 is 1.58. The molecule has 2 unspecified atom stereocenters. The first-order chi connectivity index (χ1) is 12.4. The van der Waals surface area contributed by atoms with Crippen LogP contribution in [0.5, 0.6) is 0 Å². The first-order valence-electron chi connectivity index (χ1n) is 9.57. The number of nitrogens with zero attached hydrogens (tertiary/aromatic N) is 1. The van der Waals surface area contributed by atoms with E-state index in [1.807, 2.05) is 52.0 Å². The predicted molar refractivity (Wildman–Crippen MR) is 115 cm³/mol. The number of carbonyl (C=O) groups is 3. The lowest BCUT2D eigenvalue weighted by Gasteiger charge is -2.40. The summed E-state index contributed by atoms with van der Waals surface area (Å²) in [6.07, 6.45) is 1.23. The van der Waals surface area contributed by atoms with Crippen molar-refractivity contribution in [3.63, 3.8) is 0 Å². The Balaban J connectivity index is 2.26. The first-order valence-corrected chi connectivity index (χ1v) is 10.5. The lowest BCUT2D eigenvalue weighted by molar-refractivity contribution is -0.122. The molecule has 0 aliphatic carbocycles. The Morgan fingerprint density at radius 1 is 1.22 bits per heavy atom. The molecule has 1 fully saturated rings. The van der Waals surface area contributed by atoms with Crippen molar-refractivity contribution in [3.05, 3.63) is 29.8 Å². The third-order valence-corrected chi connectivity index (χ3v) is 7.86. The maximum absolute atomic E-state index is 12.7. The molecule has 1 heterocycles. The van der Waals surface area contributed by atoms with Crippen LogP contribution in [-0.2, 0) is 19.8 Å². The number of anilines is 1. The van der Waals surface area contributed by atoms with Crippen LogP contribution in [0.1, 0.15) is 59.9 Å². The van der Waals surface area contributed by atoms with Gasteiger partial charge in [0.2, 0.25) is 11.8 Å². The Hall–Kier alpha value is -1.56. The van der Waals surface area contributed by atoms with Crippen LogP contribution in [0, 0.1) is 5.41 Å². The summed E-state index contributed by atoms with van der Waals surface area (Å²) in [6.45, 7) is 12.2. The van der Waals surface area contributed by atoms with Crippen molar-refractivity contribution in [2.75, 3.05) is 4.90 Å². The minimum absolute atomic E-state index is 0.124. The summed E-state index contributed by atoms with van der Waals surface area (Å²) in [5.74, 6) is -0.266. The first kappa shape index (κ1) is 21.7. The van der Waals surface area contributed by atoms with Gasteiger partial charge < -0.3 is 4.79 Å². The number of imide groups is 1. The number of rotatable bonds is 7. The summed E-state index contributed by atoms with van der Waals surface area (Å²) in [5, 5.41) is 0.0592. The van der Waals surface area contributed by atoms with Crippen molar-refractivity contribution >= 4 is 42.8 Å². The topological polar surface area (TPSA) is 54.5 Å². The maximum atomic E-state index is 12.7. The van der Waals surface area contributed by atoms with Gasteiger partial charge in [-0.1, -0.05) is 53.7 Å². The van der Waals surface area contributed by atoms with Crippen molar-refractivity contribution in [1.29, 1.82) is 0 Å². The smallest absolute Gasteiger partial charge is 0.247 e. The molecule has 0 spiro atoms. The fourth-order valence-electron chi connectivity index (χ4n) is 3.19. The SMILES string of the molecule is BC(=O)C(C)(C)C(C)(C)c1ccc(N2C(=O)CC(SC(C)CC)C2=O)cc1. The average Bonchev–Trinajstić information content (AvgIpc) is 2.88. The molecule has 1 saturated heterocycles. The molecule has 146 valence electrons. The number of carbonyl (C=O) groups excluding carboxylic acids is 3. The van der Waals surface area contributed by atoms with Gasteiger partial charge in [0.1, 0.15) is 0 Å². The Labute approximate surface area is 167 Å². The number of benzene rings is 1. The summed E-state index contributed by atoms with van der Waals surface area (Å²) in [5.41, 5.74) is 0.858. The van der Waals surface area contributed by atoms with Gasteiger partial charge in [-0.3, -0.25) is 9.59 Å². The minimum atomic E-state index is -0.522. The summed E-state index contributed by atoms with van der Waals surface area (Å²) in [4.78, 5) is 38.6. The molecule has 27 heavy (non-hydrogen) atoms. The normalized spacial score (nSPS) is 19.5. The second kappa shape index (κ2) is 7.82. The fourth-order valence-corrected chi connectivity index (χ4v) is 4.40. The van der Waals surface area contributed by atoms with Gasteiger partial charge in [0, 0.05) is 22.5 Å². The van der Waals surface area contributed by atoms with Crippen LogP contribution in [0.2, 0.25) is 0 Å². The average molecular weight is 387 g/mol. The molecule has 1 aromatic rings. The van der Waals surface area contributed by atoms with Crippen LogP contribution in [0.3, 0.4) is 0 Å². The molecule has 0 aromatic heterocycles. The Bertz CT molecular complexity index is 742. The molecule has 1 aromatic carbocycles. The number of amides is 2. The minimum Gasteiger partial charge on any atom is -0.311 e. The second-order valence-corrected chi connectivity index (χ2v) is 10.1. The quantitative estimate of drug-likeness (QED) is 0.532. The molecule has 2 atom stereocenters. The number of hydrogen-bond donors (Lipinski definition) is 0. The zero-order valence-corrected chi connectivity index (χ0v) is 18.3. The zero-order valence-electron chi connectivity index (χ0n) is 17.5. The lowest BCUT2D eigenvalue weighted by Crippen LogP contribution is -2.43. The van der Waals surface area contributed by atoms with Gasteiger partial charge in [-0.15, -0.1) is 11.8 Å². The van der Waals surface area contributed by atoms with Gasteiger partial charge in [0.15, 0.2) is 7.85 Å². The molecule has 6 heteroatoms. The monoisotopic (exact) mass is 387 g/mol. The zero-order chi connectivity index (χ0) is 20.6. The van der Waals surface area contributed by atoms with Crippen molar-refractivity contribution in [2.24, 2.45) is 5.41 Å². The Morgan fingerprint density at radius 2 is 1.78 bits per heavy atom. The number of thioether (sulfide) groups is 1. The largest absolute Gasteiger partial charge is 0.311 e. The van der Waals surface area contributed by atoms with Gasteiger partial charge >= 0.3 is 0 Å². The van der Waals surface area contributed by atoms with Crippen molar-refractivity contribution in [3.8, 4) is 0 Å². The summed E-state index contributed by atoms with van der Waals surface area (Å²) < 4.78 is 0. The van der Waals surface area contributed by atoms with E-state index in [4.69, 9.17) is 0 Å². The van der Waals surface area contributed by atoms with Gasteiger partial charge in [-0.25, -0.2) is 4.90 Å². The van der Waals surface area contributed by atoms with E-state index < -0.39 is 5.41 Å². The highest BCUT2D eigenvalue weighted by atomic mass is 32.2. The van der Waals surface area contributed by atoms with Crippen molar-refractivity contribution < 1.29 is 14.4 Å². The van der Waals surface area contributed by atoms with E-state index in [0.717, 1.165) is 12.0 Å². The van der Waals surface area contributed by atoms with Crippen LogP contribution in [0.15, 0.2) is 24.3 Å². The van der Waals surface area contributed by atoms with Crippen molar-refractivity contribution in [1.82, 2.24) is 0 Å². The standard InChI is InChI=1S/C21H30BNO3S/c1-7-13(2)27-16-12-17(24)23(18(16)25)15-10-8-14(9-11-15)20(3,4)21(5,6)19(22)26/h8-11,13,16H,7,12,22H2,1-6H3. The molecule has 2 rings (SSSR count). The third-order valence-electron chi connectivity index (χ3n) is 6.37. The Kier molecular flexibility index (Phi) is 6.30. The number of hydrogen-bond acceptors (Lipinski definition) is 4. The highest BCUT2D eigenvalue weighted by Gasteiger charge is 2.43. The van der Waals surface area contributed by atoms with E-state index in [2.05, 4.69) is 13.8 Å². The van der Waals surface area contributed by atoms with Crippen LogP contribution < -0.4 is 4.90 Å². The fraction of sp³-hybridized carbons (Fsp3) is 0.571. The van der Waals surface area contributed by atoms with E-state index in [9.17, 15) is 14.4 Å². The van der Waals surface area contributed by atoms with E-state index in [1.54, 1.807) is 19.6 Å². The van der Waals surface area contributed by atoms with E-state index >= 15 is 0 Å².